The van der Waals surface area contributed by atoms with Gasteiger partial charge in [0.25, 0.3) is 0 Å². The van der Waals surface area contributed by atoms with Crippen LogP contribution in [0.4, 0.5) is 0 Å². The lowest BCUT2D eigenvalue weighted by Gasteiger charge is -2.13. The molecule has 0 spiro atoms. The lowest BCUT2D eigenvalue weighted by Crippen LogP contribution is -2.01. The normalized spacial score (nSPS) is 10.7. The summed E-state index contributed by atoms with van der Waals surface area (Å²) in [5.41, 5.74) is 4.91. The molecule has 0 radical (unpaired) electrons. The number of aromatic nitrogens is 3. The summed E-state index contributed by atoms with van der Waals surface area (Å²) in [6.07, 6.45) is 4.70. The molecule has 4 heteroatoms. The Labute approximate surface area is 114 Å². The van der Waals surface area contributed by atoms with E-state index in [0.29, 0.717) is 0 Å². The molecule has 4 nitrogen and oxygen atoms in total. The third-order valence-corrected chi connectivity index (χ3v) is 3.43. The van der Waals surface area contributed by atoms with Crippen LogP contribution in [-0.2, 0) is 12.8 Å². The van der Waals surface area contributed by atoms with Crippen molar-refractivity contribution in [2.75, 3.05) is 6.61 Å². The maximum absolute atomic E-state index is 5.74. The molecule has 19 heavy (non-hydrogen) atoms. The van der Waals surface area contributed by atoms with Crippen molar-refractivity contribution in [1.29, 1.82) is 0 Å². The van der Waals surface area contributed by atoms with E-state index in [9.17, 15) is 0 Å². The first-order valence-electron chi connectivity index (χ1n) is 6.79. The highest BCUT2D eigenvalue weighted by Gasteiger charge is 2.08. The number of hydrogen-bond acceptors (Lipinski definition) is 3. The highest BCUT2D eigenvalue weighted by molar-refractivity contribution is 5.43. The smallest absolute Gasteiger partial charge is 0.122 e. The molecule has 1 N–H and O–H groups in total. The number of nitrogens with one attached hydrogen (secondary N) is 1. The molecule has 1 heterocycles. The fraction of sp³-hybridized carbons (Fsp3) is 0.467. The zero-order chi connectivity index (χ0) is 13.7. The zero-order valence-electron chi connectivity index (χ0n) is 11.9. The average Bonchev–Trinajstić information content (AvgIpc) is 2.92. The van der Waals surface area contributed by atoms with Crippen LogP contribution in [0, 0.1) is 13.8 Å². The molecule has 2 aromatic rings. The summed E-state index contributed by atoms with van der Waals surface area (Å²) in [6.45, 7) is 7.18. The fourth-order valence-corrected chi connectivity index (χ4v) is 2.10. The molecule has 1 aromatic heterocycles. The molecule has 0 fully saturated rings. The predicted molar refractivity (Wildman–Crippen MR) is 75.5 cm³/mol. The monoisotopic (exact) mass is 259 g/mol. The third kappa shape index (κ3) is 3.34. The first kappa shape index (κ1) is 13.6. The Hall–Kier alpha value is -1.84. The van der Waals surface area contributed by atoms with E-state index in [1.165, 1.54) is 16.7 Å². The summed E-state index contributed by atoms with van der Waals surface area (Å²) in [7, 11) is 0. The van der Waals surface area contributed by atoms with Crippen LogP contribution in [0.5, 0.6) is 5.75 Å². The van der Waals surface area contributed by atoms with E-state index in [4.69, 9.17) is 4.74 Å². The summed E-state index contributed by atoms with van der Waals surface area (Å²) in [5.74, 6) is 1.00. The number of rotatable bonds is 6. The average molecular weight is 259 g/mol. The fourth-order valence-electron chi connectivity index (χ4n) is 2.10. The van der Waals surface area contributed by atoms with Crippen molar-refractivity contribution >= 4 is 0 Å². The van der Waals surface area contributed by atoms with Gasteiger partial charge in [0.2, 0.25) is 0 Å². The van der Waals surface area contributed by atoms with Crippen molar-refractivity contribution in [2.24, 2.45) is 0 Å². The molecule has 2 rings (SSSR count). The van der Waals surface area contributed by atoms with E-state index in [1.807, 2.05) is 0 Å². The van der Waals surface area contributed by atoms with E-state index in [0.717, 1.165) is 37.3 Å². The predicted octanol–water partition coefficient (Wildman–Crippen LogP) is 3.00. The lowest BCUT2D eigenvalue weighted by atomic mass is 9.98. The van der Waals surface area contributed by atoms with Crippen LogP contribution in [-0.4, -0.2) is 22.0 Å². The highest BCUT2D eigenvalue weighted by Crippen LogP contribution is 2.25. The number of H-pyrrole nitrogens is 1. The Kier molecular flexibility index (Phi) is 4.55. The quantitative estimate of drug-likeness (QED) is 0.867. The second-order valence-corrected chi connectivity index (χ2v) is 4.78. The van der Waals surface area contributed by atoms with Crippen molar-refractivity contribution < 1.29 is 4.74 Å². The van der Waals surface area contributed by atoms with Crippen LogP contribution in [0.3, 0.4) is 0 Å². The summed E-state index contributed by atoms with van der Waals surface area (Å²) in [5, 5.41) is 10.6. The van der Waals surface area contributed by atoms with Crippen LogP contribution in [0.1, 0.15) is 35.7 Å². The summed E-state index contributed by atoms with van der Waals surface area (Å²) in [6, 6.07) is 4.24. The molecule has 0 saturated heterocycles. The van der Waals surface area contributed by atoms with E-state index in [1.54, 1.807) is 6.20 Å². The van der Waals surface area contributed by atoms with Crippen molar-refractivity contribution in [3.05, 3.63) is 40.7 Å². The minimum absolute atomic E-state index is 0.776. The highest BCUT2D eigenvalue weighted by atomic mass is 16.5. The van der Waals surface area contributed by atoms with E-state index >= 15 is 0 Å². The minimum Gasteiger partial charge on any atom is -0.493 e. The van der Waals surface area contributed by atoms with Gasteiger partial charge in [-0.15, -0.1) is 0 Å². The second kappa shape index (κ2) is 6.36. The molecule has 102 valence electrons. The van der Waals surface area contributed by atoms with Gasteiger partial charge in [-0.2, -0.15) is 15.4 Å². The Morgan fingerprint density at radius 1 is 1.16 bits per heavy atom. The SMILES string of the molecule is CCCOc1ccc(CCc2cn[nH]n2)c(C)c1C. The molecule has 0 saturated carbocycles. The van der Waals surface area contributed by atoms with Gasteiger partial charge in [-0.25, -0.2) is 0 Å². The van der Waals surface area contributed by atoms with Gasteiger partial charge in [-0.1, -0.05) is 13.0 Å². The van der Waals surface area contributed by atoms with Gasteiger partial charge < -0.3 is 4.74 Å². The molecule has 0 unspecified atom stereocenters. The summed E-state index contributed by atoms with van der Waals surface area (Å²) < 4.78 is 5.74. The van der Waals surface area contributed by atoms with Crippen molar-refractivity contribution in [3.8, 4) is 5.75 Å². The van der Waals surface area contributed by atoms with Crippen LogP contribution in [0.15, 0.2) is 18.3 Å². The Morgan fingerprint density at radius 2 is 2.00 bits per heavy atom. The van der Waals surface area contributed by atoms with Crippen molar-refractivity contribution in [3.63, 3.8) is 0 Å². The number of benzene rings is 1. The summed E-state index contributed by atoms with van der Waals surface area (Å²) in [4.78, 5) is 0. The van der Waals surface area contributed by atoms with Gasteiger partial charge in [-0.3, -0.25) is 0 Å². The minimum atomic E-state index is 0.776. The molecule has 0 atom stereocenters. The number of aryl methyl sites for hydroxylation is 2. The van der Waals surface area contributed by atoms with Gasteiger partial charge >= 0.3 is 0 Å². The Bertz CT molecular complexity index is 520. The zero-order valence-corrected chi connectivity index (χ0v) is 11.9. The van der Waals surface area contributed by atoms with Crippen LogP contribution < -0.4 is 4.74 Å². The van der Waals surface area contributed by atoms with E-state index < -0.39 is 0 Å². The third-order valence-electron chi connectivity index (χ3n) is 3.43. The second-order valence-electron chi connectivity index (χ2n) is 4.78. The number of nitrogens with zero attached hydrogens (tertiary/aromatic N) is 2. The van der Waals surface area contributed by atoms with Gasteiger partial charge in [-0.05, 0) is 55.9 Å². The molecule has 0 aliphatic heterocycles. The maximum atomic E-state index is 5.74. The largest absolute Gasteiger partial charge is 0.493 e. The molecule has 0 bridgehead atoms. The lowest BCUT2D eigenvalue weighted by molar-refractivity contribution is 0.315. The maximum Gasteiger partial charge on any atom is 0.122 e. The molecule has 1 aromatic carbocycles. The van der Waals surface area contributed by atoms with Gasteiger partial charge in [0, 0.05) is 0 Å². The topological polar surface area (TPSA) is 50.8 Å². The van der Waals surface area contributed by atoms with E-state index in [2.05, 4.69) is 48.3 Å². The van der Waals surface area contributed by atoms with Gasteiger partial charge in [0.05, 0.1) is 18.5 Å². The molecule has 0 amide bonds. The number of hydrogen-bond donors (Lipinski definition) is 1. The first-order valence-corrected chi connectivity index (χ1v) is 6.79. The van der Waals surface area contributed by atoms with Crippen LogP contribution in [0.25, 0.3) is 0 Å². The van der Waals surface area contributed by atoms with Crippen LogP contribution >= 0.6 is 0 Å². The van der Waals surface area contributed by atoms with E-state index in [-0.39, 0.29) is 0 Å². The molecular formula is C15H21N3O. The van der Waals surface area contributed by atoms with Gasteiger partial charge in [0.1, 0.15) is 5.75 Å². The summed E-state index contributed by atoms with van der Waals surface area (Å²) >= 11 is 0. The first-order chi connectivity index (χ1) is 9.22. The Balaban J connectivity index is 2.07. The molecule has 0 aliphatic rings. The molecule has 0 aliphatic carbocycles. The van der Waals surface area contributed by atoms with Crippen LogP contribution in [0.2, 0.25) is 0 Å². The van der Waals surface area contributed by atoms with Crippen molar-refractivity contribution in [2.45, 2.75) is 40.0 Å². The standard InChI is InChI=1S/C15H21N3O/c1-4-9-19-15-8-6-13(11(2)12(15)3)5-7-14-10-16-18-17-14/h6,8,10H,4-5,7,9H2,1-3H3,(H,16,17,18). The molecular weight excluding hydrogens is 238 g/mol. The van der Waals surface area contributed by atoms with Gasteiger partial charge in [0.15, 0.2) is 0 Å². The Morgan fingerprint density at radius 3 is 2.68 bits per heavy atom. The number of aromatic amines is 1. The van der Waals surface area contributed by atoms with Crippen molar-refractivity contribution in [1.82, 2.24) is 15.4 Å². The number of ether oxygens (including phenoxy) is 1.